The molecule has 0 N–H and O–H groups in total. The third-order valence-electron chi connectivity index (χ3n) is 1.95. The second-order valence-corrected chi connectivity index (χ2v) is 3.65. The van der Waals surface area contributed by atoms with E-state index in [2.05, 4.69) is 22.6 Å². The van der Waals surface area contributed by atoms with E-state index in [0.29, 0.717) is 0 Å². The Labute approximate surface area is 75.1 Å². The molecule has 0 bridgehead atoms. The van der Waals surface area contributed by atoms with Crippen molar-refractivity contribution in [1.29, 1.82) is 0 Å². The van der Waals surface area contributed by atoms with Crippen LogP contribution < -0.4 is 0 Å². The minimum Gasteiger partial charge on any atom is -0.343 e. The molecule has 2 nitrogen and oxygen atoms in total. The smallest absolute Gasteiger partial charge is 0.219 e. The Bertz CT molecular complexity index is 138. The first kappa shape index (κ1) is 8.30. The lowest BCUT2D eigenvalue weighted by Gasteiger charge is -2.12. The fraction of sp³-hybridized carbons (Fsp3) is 0.857. The quantitative estimate of drug-likeness (QED) is 0.509. The van der Waals surface area contributed by atoms with E-state index in [4.69, 9.17) is 0 Å². The van der Waals surface area contributed by atoms with Crippen LogP contribution in [0.25, 0.3) is 0 Å². The van der Waals surface area contributed by atoms with Gasteiger partial charge in [-0.2, -0.15) is 0 Å². The first-order valence-electron chi connectivity index (χ1n) is 3.55. The SMILES string of the molecule is CC(=O)N1CC[C@@H](CI)C1. The molecule has 0 unspecified atom stereocenters. The van der Waals surface area contributed by atoms with Crippen LogP contribution >= 0.6 is 22.6 Å². The summed E-state index contributed by atoms with van der Waals surface area (Å²) in [7, 11) is 0. The minimum atomic E-state index is 0.229. The number of alkyl halides is 1. The van der Waals surface area contributed by atoms with Crippen LogP contribution in [0.2, 0.25) is 0 Å². The summed E-state index contributed by atoms with van der Waals surface area (Å²) in [5.41, 5.74) is 0. The number of hydrogen-bond acceptors (Lipinski definition) is 1. The summed E-state index contributed by atoms with van der Waals surface area (Å²) in [6.07, 6.45) is 1.20. The van der Waals surface area contributed by atoms with Gasteiger partial charge < -0.3 is 4.90 Å². The molecule has 0 aromatic heterocycles. The fourth-order valence-corrected chi connectivity index (χ4v) is 1.96. The zero-order valence-electron chi connectivity index (χ0n) is 6.14. The summed E-state index contributed by atoms with van der Waals surface area (Å²) in [6.45, 7) is 3.61. The Hall–Kier alpha value is 0.200. The molecule has 0 aromatic rings. The topological polar surface area (TPSA) is 20.3 Å². The number of halogens is 1. The molecule has 1 amide bonds. The first-order chi connectivity index (χ1) is 4.74. The Kier molecular flexibility index (Phi) is 2.95. The molecule has 0 aliphatic carbocycles. The van der Waals surface area contributed by atoms with Crippen molar-refractivity contribution in [1.82, 2.24) is 4.90 Å². The molecular formula is C7H12INO. The summed E-state index contributed by atoms with van der Waals surface area (Å²) in [5, 5.41) is 0. The van der Waals surface area contributed by atoms with Crippen molar-refractivity contribution < 1.29 is 4.79 Å². The summed E-state index contributed by atoms with van der Waals surface area (Å²) in [6, 6.07) is 0. The number of nitrogens with zero attached hydrogens (tertiary/aromatic N) is 1. The van der Waals surface area contributed by atoms with Crippen LogP contribution in [0.1, 0.15) is 13.3 Å². The molecule has 1 aliphatic heterocycles. The largest absolute Gasteiger partial charge is 0.343 e. The standard InChI is InChI=1S/C7H12INO/c1-6(10)9-3-2-7(4-8)5-9/h7H,2-5H2,1H3/t7-/m0/s1. The molecule has 10 heavy (non-hydrogen) atoms. The lowest BCUT2D eigenvalue weighted by Crippen LogP contribution is -2.25. The molecule has 1 atom stereocenters. The predicted octanol–water partition coefficient (Wildman–Crippen LogP) is 1.29. The third kappa shape index (κ3) is 1.84. The van der Waals surface area contributed by atoms with Crippen LogP contribution in [0.15, 0.2) is 0 Å². The summed E-state index contributed by atoms with van der Waals surface area (Å²) in [5.74, 6) is 0.983. The normalized spacial score (nSPS) is 25.4. The molecule has 1 heterocycles. The van der Waals surface area contributed by atoms with Gasteiger partial charge in [0, 0.05) is 24.4 Å². The zero-order valence-corrected chi connectivity index (χ0v) is 8.30. The van der Waals surface area contributed by atoms with Crippen molar-refractivity contribution in [3.63, 3.8) is 0 Å². The maximum atomic E-state index is 10.8. The van der Waals surface area contributed by atoms with E-state index in [1.54, 1.807) is 6.92 Å². The van der Waals surface area contributed by atoms with Crippen LogP contribution in [-0.2, 0) is 4.79 Å². The molecule has 3 heteroatoms. The van der Waals surface area contributed by atoms with Crippen LogP contribution in [0.5, 0.6) is 0 Å². The van der Waals surface area contributed by atoms with E-state index < -0.39 is 0 Å². The molecule has 0 saturated carbocycles. The van der Waals surface area contributed by atoms with Gasteiger partial charge in [0.15, 0.2) is 0 Å². The summed E-state index contributed by atoms with van der Waals surface area (Å²) >= 11 is 2.38. The number of carbonyl (C=O) groups excluding carboxylic acids is 1. The number of carbonyl (C=O) groups is 1. The van der Waals surface area contributed by atoms with E-state index in [-0.39, 0.29) is 5.91 Å². The first-order valence-corrected chi connectivity index (χ1v) is 5.08. The van der Waals surface area contributed by atoms with E-state index in [0.717, 1.165) is 19.0 Å². The Morgan fingerprint density at radius 2 is 2.50 bits per heavy atom. The number of amides is 1. The highest BCUT2D eigenvalue weighted by molar-refractivity contribution is 14.1. The van der Waals surface area contributed by atoms with Crippen LogP contribution in [0.3, 0.4) is 0 Å². The van der Waals surface area contributed by atoms with Crippen LogP contribution in [0, 0.1) is 5.92 Å². The Balaban J connectivity index is 2.35. The molecule has 58 valence electrons. The lowest BCUT2D eigenvalue weighted by molar-refractivity contribution is -0.127. The van der Waals surface area contributed by atoms with Gasteiger partial charge in [0.25, 0.3) is 0 Å². The summed E-state index contributed by atoms with van der Waals surface area (Å²) < 4.78 is 1.18. The van der Waals surface area contributed by atoms with Gasteiger partial charge in [-0.25, -0.2) is 0 Å². The van der Waals surface area contributed by atoms with Crippen LogP contribution in [0.4, 0.5) is 0 Å². The van der Waals surface area contributed by atoms with Gasteiger partial charge in [-0.1, -0.05) is 22.6 Å². The lowest BCUT2D eigenvalue weighted by atomic mass is 10.2. The fourth-order valence-electron chi connectivity index (χ4n) is 1.24. The van der Waals surface area contributed by atoms with E-state index in [1.807, 2.05) is 4.90 Å². The van der Waals surface area contributed by atoms with Crippen molar-refractivity contribution in [2.24, 2.45) is 5.92 Å². The molecule has 0 aromatic carbocycles. The number of rotatable bonds is 1. The maximum absolute atomic E-state index is 10.8. The number of hydrogen-bond donors (Lipinski definition) is 0. The van der Waals surface area contributed by atoms with Gasteiger partial charge in [0.2, 0.25) is 5.91 Å². The van der Waals surface area contributed by atoms with Crippen molar-refractivity contribution >= 4 is 28.5 Å². The maximum Gasteiger partial charge on any atom is 0.219 e. The molecule has 1 rings (SSSR count). The molecule has 1 saturated heterocycles. The monoisotopic (exact) mass is 253 g/mol. The van der Waals surface area contributed by atoms with Gasteiger partial charge in [-0.3, -0.25) is 4.79 Å². The molecule has 1 fully saturated rings. The van der Waals surface area contributed by atoms with Gasteiger partial charge in [0.05, 0.1) is 0 Å². The Morgan fingerprint density at radius 3 is 2.80 bits per heavy atom. The predicted molar refractivity (Wildman–Crippen MR) is 49.2 cm³/mol. The zero-order chi connectivity index (χ0) is 7.56. The van der Waals surface area contributed by atoms with Crippen molar-refractivity contribution in [2.75, 3.05) is 17.5 Å². The second kappa shape index (κ2) is 3.55. The average molecular weight is 253 g/mol. The van der Waals surface area contributed by atoms with Crippen molar-refractivity contribution in [3.05, 3.63) is 0 Å². The molecule has 1 aliphatic rings. The Morgan fingerprint density at radius 1 is 1.80 bits per heavy atom. The molecular weight excluding hydrogens is 241 g/mol. The van der Waals surface area contributed by atoms with Gasteiger partial charge >= 0.3 is 0 Å². The third-order valence-corrected chi connectivity index (χ3v) is 3.20. The van der Waals surface area contributed by atoms with Gasteiger partial charge in [-0.05, 0) is 12.3 Å². The van der Waals surface area contributed by atoms with E-state index >= 15 is 0 Å². The van der Waals surface area contributed by atoms with Crippen molar-refractivity contribution in [3.8, 4) is 0 Å². The van der Waals surface area contributed by atoms with Gasteiger partial charge in [0.1, 0.15) is 0 Å². The van der Waals surface area contributed by atoms with Crippen LogP contribution in [-0.4, -0.2) is 28.3 Å². The highest BCUT2D eigenvalue weighted by Crippen LogP contribution is 2.17. The average Bonchev–Trinajstić information content (AvgIpc) is 2.34. The minimum absolute atomic E-state index is 0.229. The molecule has 0 spiro atoms. The second-order valence-electron chi connectivity index (χ2n) is 2.77. The highest BCUT2D eigenvalue weighted by Gasteiger charge is 2.22. The number of likely N-dealkylation sites (tertiary alicyclic amines) is 1. The van der Waals surface area contributed by atoms with E-state index in [1.165, 1.54) is 10.8 Å². The van der Waals surface area contributed by atoms with E-state index in [9.17, 15) is 4.79 Å². The van der Waals surface area contributed by atoms with Crippen molar-refractivity contribution in [2.45, 2.75) is 13.3 Å². The molecule has 0 radical (unpaired) electrons. The highest BCUT2D eigenvalue weighted by atomic mass is 127. The summed E-state index contributed by atoms with van der Waals surface area (Å²) in [4.78, 5) is 12.8. The van der Waals surface area contributed by atoms with Gasteiger partial charge in [-0.15, -0.1) is 0 Å².